The second-order valence-corrected chi connectivity index (χ2v) is 7.26. The Balaban J connectivity index is 1.97. The molecule has 2 rings (SSSR count). The maximum Gasteiger partial charge on any atom is 0.244 e. The first-order chi connectivity index (χ1) is 11.8. The van der Waals surface area contributed by atoms with Crippen LogP contribution in [-0.2, 0) is 10.0 Å². The van der Waals surface area contributed by atoms with Gasteiger partial charge in [-0.2, -0.15) is 0 Å². The summed E-state index contributed by atoms with van der Waals surface area (Å²) in [6, 6.07) is 8.30. The summed E-state index contributed by atoms with van der Waals surface area (Å²) in [7, 11) is 1.59. The first-order valence-corrected chi connectivity index (χ1v) is 9.21. The van der Waals surface area contributed by atoms with Crippen LogP contribution in [0.25, 0.3) is 0 Å². The summed E-state index contributed by atoms with van der Waals surface area (Å²) in [6.45, 7) is 2.40. The lowest BCUT2D eigenvalue weighted by Crippen LogP contribution is -2.29. The lowest BCUT2D eigenvalue weighted by molar-refractivity contribution is 0.402. The average Bonchev–Trinajstić information content (AvgIpc) is 2.58. The molecule has 0 aliphatic carbocycles. The molecule has 1 aromatic heterocycles. The summed E-state index contributed by atoms with van der Waals surface area (Å²) in [6.07, 6.45) is 0. The van der Waals surface area contributed by atoms with Crippen LogP contribution in [0.2, 0.25) is 0 Å². The van der Waals surface area contributed by atoms with E-state index in [0.29, 0.717) is 23.9 Å². The Morgan fingerprint density at radius 2 is 1.88 bits per heavy atom. The molecule has 0 saturated heterocycles. The molecule has 0 atom stereocenters. The van der Waals surface area contributed by atoms with E-state index in [1.807, 2.05) is 32.0 Å². The van der Waals surface area contributed by atoms with Crippen molar-refractivity contribution >= 4 is 21.7 Å². The van der Waals surface area contributed by atoms with E-state index in [2.05, 4.69) is 20.0 Å². The molecule has 2 aromatic rings. The number of rotatable bonds is 8. The van der Waals surface area contributed by atoms with Crippen LogP contribution in [0, 0.1) is 6.92 Å². The van der Waals surface area contributed by atoms with Gasteiger partial charge in [-0.25, -0.2) is 23.1 Å². The minimum absolute atomic E-state index is 0.116. The van der Waals surface area contributed by atoms with E-state index in [-0.39, 0.29) is 11.4 Å². The standard InChI is InChI=1S/C16H23N5O3S/c1-12-19-15(11-16(20-12)21(2)3)17-9-10-18-25(22,23)14-8-6-5-7-13(14)24-4/h5-8,11,18H,9-10H2,1-4H3,(H,17,19,20). The van der Waals surface area contributed by atoms with Gasteiger partial charge in [0.05, 0.1) is 7.11 Å². The highest BCUT2D eigenvalue weighted by atomic mass is 32.2. The number of nitrogens with one attached hydrogen (secondary N) is 2. The van der Waals surface area contributed by atoms with Crippen LogP contribution in [0.1, 0.15) is 5.82 Å². The third-order valence-electron chi connectivity index (χ3n) is 3.36. The van der Waals surface area contributed by atoms with Crippen molar-refractivity contribution < 1.29 is 13.2 Å². The molecule has 0 bridgehead atoms. The molecule has 0 fully saturated rings. The highest BCUT2D eigenvalue weighted by Gasteiger charge is 2.18. The van der Waals surface area contributed by atoms with E-state index in [4.69, 9.17) is 4.74 Å². The van der Waals surface area contributed by atoms with Crippen molar-refractivity contribution in [2.75, 3.05) is 44.5 Å². The molecule has 9 heteroatoms. The number of ether oxygens (including phenoxy) is 1. The van der Waals surface area contributed by atoms with E-state index in [1.165, 1.54) is 13.2 Å². The van der Waals surface area contributed by atoms with Crippen LogP contribution in [0.15, 0.2) is 35.2 Å². The maximum absolute atomic E-state index is 12.4. The fourth-order valence-corrected chi connectivity index (χ4v) is 3.37. The highest BCUT2D eigenvalue weighted by molar-refractivity contribution is 7.89. The topological polar surface area (TPSA) is 96.5 Å². The van der Waals surface area contributed by atoms with Crippen molar-refractivity contribution in [2.45, 2.75) is 11.8 Å². The third kappa shape index (κ3) is 5.04. The lowest BCUT2D eigenvalue weighted by atomic mass is 10.3. The van der Waals surface area contributed by atoms with Crippen molar-refractivity contribution in [3.05, 3.63) is 36.2 Å². The van der Waals surface area contributed by atoms with Gasteiger partial charge in [0.15, 0.2) is 0 Å². The van der Waals surface area contributed by atoms with Crippen molar-refractivity contribution in [3.8, 4) is 5.75 Å². The number of benzene rings is 1. The molecule has 8 nitrogen and oxygen atoms in total. The molecule has 0 amide bonds. The van der Waals surface area contributed by atoms with Gasteiger partial charge in [0.1, 0.15) is 28.1 Å². The molecule has 1 aromatic carbocycles. The second-order valence-electron chi connectivity index (χ2n) is 5.53. The number of hydrogen-bond donors (Lipinski definition) is 2. The predicted octanol–water partition coefficient (Wildman–Crippen LogP) is 1.25. The molecule has 136 valence electrons. The second kappa shape index (κ2) is 8.13. The van der Waals surface area contributed by atoms with Gasteiger partial charge in [0.25, 0.3) is 0 Å². The van der Waals surface area contributed by atoms with Gasteiger partial charge >= 0.3 is 0 Å². The molecular formula is C16H23N5O3S. The van der Waals surface area contributed by atoms with Crippen molar-refractivity contribution in [3.63, 3.8) is 0 Å². The van der Waals surface area contributed by atoms with E-state index in [1.54, 1.807) is 18.2 Å². The van der Waals surface area contributed by atoms with Gasteiger partial charge < -0.3 is 15.0 Å². The summed E-state index contributed by atoms with van der Waals surface area (Å²) in [5.41, 5.74) is 0. The van der Waals surface area contributed by atoms with Gasteiger partial charge in [-0.15, -0.1) is 0 Å². The van der Waals surface area contributed by atoms with Gasteiger partial charge in [-0.05, 0) is 19.1 Å². The Labute approximate surface area is 148 Å². The van der Waals surface area contributed by atoms with Crippen LogP contribution < -0.4 is 19.7 Å². The zero-order chi connectivity index (χ0) is 18.4. The quantitative estimate of drug-likeness (QED) is 0.680. The Morgan fingerprint density at radius 1 is 1.16 bits per heavy atom. The number of anilines is 2. The SMILES string of the molecule is COc1ccccc1S(=O)(=O)NCCNc1cc(N(C)C)nc(C)n1. The van der Waals surface area contributed by atoms with E-state index in [0.717, 1.165) is 5.82 Å². The van der Waals surface area contributed by atoms with Gasteiger partial charge in [-0.1, -0.05) is 12.1 Å². The zero-order valence-corrected chi connectivity index (χ0v) is 15.6. The molecule has 0 spiro atoms. The fraction of sp³-hybridized carbons (Fsp3) is 0.375. The average molecular weight is 365 g/mol. The maximum atomic E-state index is 12.4. The molecule has 0 aliphatic rings. The number of sulfonamides is 1. The number of aromatic nitrogens is 2. The van der Waals surface area contributed by atoms with E-state index >= 15 is 0 Å². The normalized spacial score (nSPS) is 11.2. The molecule has 0 unspecified atom stereocenters. The van der Waals surface area contributed by atoms with E-state index in [9.17, 15) is 8.42 Å². The minimum Gasteiger partial charge on any atom is -0.495 e. The first-order valence-electron chi connectivity index (χ1n) is 7.73. The highest BCUT2D eigenvalue weighted by Crippen LogP contribution is 2.22. The summed E-state index contributed by atoms with van der Waals surface area (Å²) < 4.78 is 32.4. The van der Waals surface area contributed by atoms with Crippen LogP contribution in [-0.4, -0.2) is 52.7 Å². The smallest absolute Gasteiger partial charge is 0.244 e. The van der Waals surface area contributed by atoms with Crippen molar-refractivity contribution in [1.82, 2.24) is 14.7 Å². The molecule has 2 N–H and O–H groups in total. The van der Waals surface area contributed by atoms with Crippen LogP contribution >= 0.6 is 0 Å². The van der Waals surface area contributed by atoms with Gasteiger partial charge in [0, 0.05) is 33.3 Å². The summed E-state index contributed by atoms with van der Waals surface area (Å²) in [4.78, 5) is 10.6. The van der Waals surface area contributed by atoms with Crippen molar-refractivity contribution in [1.29, 1.82) is 0 Å². The minimum atomic E-state index is -3.64. The Kier molecular flexibility index (Phi) is 6.16. The molecule has 1 heterocycles. The monoisotopic (exact) mass is 365 g/mol. The molecule has 0 aliphatic heterocycles. The van der Waals surface area contributed by atoms with Crippen LogP contribution in [0.4, 0.5) is 11.6 Å². The predicted molar refractivity (Wildman–Crippen MR) is 97.8 cm³/mol. The largest absolute Gasteiger partial charge is 0.495 e. The summed E-state index contributed by atoms with van der Waals surface area (Å²) >= 11 is 0. The lowest BCUT2D eigenvalue weighted by Gasteiger charge is -2.14. The van der Waals surface area contributed by atoms with Crippen LogP contribution in [0.5, 0.6) is 5.75 Å². The molecule has 25 heavy (non-hydrogen) atoms. The van der Waals surface area contributed by atoms with E-state index < -0.39 is 10.0 Å². The van der Waals surface area contributed by atoms with Gasteiger partial charge in [0.2, 0.25) is 10.0 Å². The molecular weight excluding hydrogens is 342 g/mol. The first kappa shape index (κ1) is 18.9. The third-order valence-corrected chi connectivity index (χ3v) is 4.86. The number of aryl methyl sites for hydroxylation is 1. The van der Waals surface area contributed by atoms with Crippen LogP contribution in [0.3, 0.4) is 0 Å². The summed E-state index contributed by atoms with van der Waals surface area (Å²) in [5, 5.41) is 3.10. The Bertz CT molecular complexity index is 824. The molecule has 0 radical (unpaired) electrons. The van der Waals surface area contributed by atoms with Gasteiger partial charge in [-0.3, -0.25) is 0 Å². The Morgan fingerprint density at radius 3 is 2.56 bits per heavy atom. The summed E-state index contributed by atoms with van der Waals surface area (Å²) in [5.74, 6) is 2.38. The number of hydrogen-bond acceptors (Lipinski definition) is 7. The Hall–Kier alpha value is -2.39. The van der Waals surface area contributed by atoms with Crippen molar-refractivity contribution in [2.24, 2.45) is 0 Å². The number of nitrogens with zero attached hydrogens (tertiary/aromatic N) is 3. The zero-order valence-electron chi connectivity index (χ0n) is 14.8. The fourth-order valence-electron chi connectivity index (χ4n) is 2.17. The molecule has 0 saturated carbocycles. The number of para-hydroxylation sites is 1. The number of methoxy groups -OCH3 is 1.